The minimum Gasteiger partial charge on any atom is -0.444 e. The highest BCUT2D eigenvalue weighted by Crippen LogP contribution is 2.16. The molecule has 0 saturated heterocycles. The fourth-order valence-electron chi connectivity index (χ4n) is 6.64. The van der Waals surface area contributed by atoms with Crippen LogP contribution in [0, 0.1) is 0 Å². The molecule has 0 aliphatic rings. The number of hydrogen-bond donors (Lipinski definition) is 1. The second kappa shape index (κ2) is 35.6. The van der Waals surface area contributed by atoms with Gasteiger partial charge in [0.2, 0.25) is 5.91 Å². The van der Waals surface area contributed by atoms with Crippen molar-refractivity contribution in [2.75, 3.05) is 19.6 Å². The van der Waals surface area contributed by atoms with E-state index in [9.17, 15) is 9.59 Å². The van der Waals surface area contributed by atoms with Gasteiger partial charge in [0.15, 0.2) is 0 Å². The maximum Gasteiger partial charge on any atom is 0.408 e. The first-order chi connectivity index (χ1) is 23.3. The van der Waals surface area contributed by atoms with Crippen LogP contribution in [0.1, 0.15) is 240 Å². The van der Waals surface area contributed by atoms with E-state index in [1.807, 2.05) is 25.7 Å². The molecule has 0 aromatic heterocycles. The van der Waals surface area contributed by atoms with Crippen molar-refractivity contribution in [3.63, 3.8) is 0 Å². The molecule has 0 fully saturated rings. The summed E-state index contributed by atoms with van der Waals surface area (Å²) in [5.41, 5.74) is -0.562. The smallest absolute Gasteiger partial charge is 0.408 e. The van der Waals surface area contributed by atoms with Crippen molar-refractivity contribution in [2.45, 2.75) is 246 Å². The highest BCUT2D eigenvalue weighted by Gasteiger charge is 2.18. The minimum atomic E-state index is -0.562. The zero-order valence-electron chi connectivity index (χ0n) is 33.4. The molecular formula is C43H86N2O3. The van der Waals surface area contributed by atoms with E-state index in [1.165, 1.54) is 193 Å². The van der Waals surface area contributed by atoms with Crippen LogP contribution in [0.15, 0.2) is 0 Å². The van der Waals surface area contributed by atoms with Crippen LogP contribution in [-0.2, 0) is 9.53 Å². The van der Waals surface area contributed by atoms with Gasteiger partial charge in [-0.1, -0.05) is 206 Å². The Hall–Kier alpha value is -1.26. The summed E-state index contributed by atoms with van der Waals surface area (Å²) in [5.74, 6) is 0.0165. The van der Waals surface area contributed by atoms with E-state index in [1.54, 1.807) is 0 Å². The first-order valence-electron chi connectivity index (χ1n) is 21.5. The highest BCUT2D eigenvalue weighted by molar-refractivity contribution is 5.82. The van der Waals surface area contributed by atoms with Crippen LogP contribution < -0.4 is 5.32 Å². The third kappa shape index (κ3) is 36.0. The third-order valence-electron chi connectivity index (χ3n) is 9.70. The Kier molecular flexibility index (Phi) is 34.6. The van der Waals surface area contributed by atoms with Crippen LogP contribution in [0.3, 0.4) is 0 Å². The molecule has 0 aromatic carbocycles. The molecule has 0 aliphatic heterocycles. The summed E-state index contributed by atoms with van der Waals surface area (Å²) in [6.07, 6.45) is 42.7. The van der Waals surface area contributed by atoms with E-state index in [0.29, 0.717) is 0 Å². The SMILES string of the molecule is CCCCCCCCCCCCCCCCCCN(CCCCCCCCCCCCCCCCCC)C(=O)CNC(=O)OC(C)(C)C. The molecule has 5 nitrogen and oxygen atoms in total. The maximum absolute atomic E-state index is 13.1. The number of ether oxygens (including phenoxy) is 1. The van der Waals surface area contributed by atoms with Gasteiger partial charge in [-0.25, -0.2) is 4.79 Å². The second-order valence-corrected chi connectivity index (χ2v) is 15.8. The molecule has 5 heteroatoms. The Morgan fingerprint density at radius 2 is 0.688 bits per heavy atom. The first kappa shape index (κ1) is 46.7. The molecule has 0 atom stereocenters. The molecule has 0 saturated carbocycles. The van der Waals surface area contributed by atoms with Crippen molar-refractivity contribution in [3.8, 4) is 0 Å². The number of unbranched alkanes of at least 4 members (excludes halogenated alkanes) is 30. The molecule has 0 aromatic rings. The van der Waals surface area contributed by atoms with Gasteiger partial charge in [0.05, 0.1) is 0 Å². The van der Waals surface area contributed by atoms with Gasteiger partial charge >= 0.3 is 6.09 Å². The number of nitrogens with one attached hydrogen (secondary N) is 1. The van der Waals surface area contributed by atoms with E-state index >= 15 is 0 Å². The van der Waals surface area contributed by atoms with Crippen LogP contribution in [0.2, 0.25) is 0 Å². The number of rotatable bonds is 36. The van der Waals surface area contributed by atoms with Gasteiger partial charge in [0.1, 0.15) is 12.1 Å². The standard InChI is InChI=1S/C43H86N2O3/c1-6-8-10-12-14-16-18-20-22-24-26-28-30-32-34-36-38-45(41(46)40-44-42(47)48-43(3,4)5)39-37-35-33-31-29-27-25-23-21-19-17-15-13-11-9-7-2/h6-40H2,1-5H3,(H,44,47). The van der Waals surface area contributed by atoms with Crippen molar-refractivity contribution in [1.29, 1.82) is 0 Å². The zero-order chi connectivity index (χ0) is 35.4. The van der Waals surface area contributed by atoms with Crippen LogP contribution in [0.5, 0.6) is 0 Å². The van der Waals surface area contributed by atoms with E-state index in [4.69, 9.17) is 4.74 Å². The minimum absolute atomic E-state index is 0.0165. The van der Waals surface area contributed by atoms with Crippen LogP contribution >= 0.6 is 0 Å². The van der Waals surface area contributed by atoms with Gasteiger partial charge in [0, 0.05) is 13.1 Å². The fraction of sp³-hybridized carbons (Fsp3) is 0.953. The normalized spacial score (nSPS) is 11.6. The molecule has 0 bridgehead atoms. The summed E-state index contributed by atoms with van der Waals surface area (Å²) in [7, 11) is 0. The first-order valence-corrected chi connectivity index (χ1v) is 21.5. The summed E-state index contributed by atoms with van der Waals surface area (Å²) in [5, 5.41) is 2.68. The van der Waals surface area contributed by atoms with Crippen LogP contribution in [-0.4, -0.2) is 42.1 Å². The van der Waals surface area contributed by atoms with Crippen molar-refractivity contribution < 1.29 is 14.3 Å². The van der Waals surface area contributed by atoms with E-state index in [2.05, 4.69) is 19.2 Å². The van der Waals surface area contributed by atoms with E-state index in [-0.39, 0.29) is 12.5 Å². The summed E-state index contributed by atoms with van der Waals surface area (Å²) < 4.78 is 5.34. The van der Waals surface area contributed by atoms with Gasteiger partial charge in [-0.15, -0.1) is 0 Å². The molecular weight excluding hydrogens is 592 g/mol. The Morgan fingerprint density at radius 1 is 0.438 bits per heavy atom. The second-order valence-electron chi connectivity index (χ2n) is 15.8. The monoisotopic (exact) mass is 679 g/mol. The highest BCUT2D eigenvalue weighted by atomic mass is 16.6. The number of nitrogens with zero attached hydrogens (tertiary/aromatic N) is 1. The Morgan fingerprint density at radius 3 is 0.938 bits per heavy atom. The number of hydrogen-bond acceptors (Lipinski definition) is 3. The predicted octanol–water partition coefficient (Wildman–Crippen LogP) is 13.9. The molecule has 1 N–H and O–H groups in total. The Balaban J connectivity index is 4.04. The summed E-state index contributed by atoms with van der Waals surface area (Å²) >= 11 is 0. The quantitative estimate of drug-likeness (QED) is 0.0671. The summed E-state index contributed by atoms with van der Waals surface area (Å²) in [6.45, 7) is 11.7. The van der Waals surface area contributed by atoms with Crippen molar-refractivity contribution in [1.82, 2.24) is 10.2 Å². The van der Waals surface area contributed by atoms with Crippen molar-refractivity contribution in [3.05, 3.63) is 0 Å². The maximum atomic E-state index is 13.1. The van der Waals surface area contributed by atoms with Gasteiger partial charge in [-0.3, -0.25) is 4.79 Å². The predicted molar refractivity (Wildman–Crippen MR) is 210 cm³/mol. The summed E-state index contributed by atoms with van der Waals surface area (Å²) in [4.78, 5) is 27.2. The molecule has 0 heterocycles. The van der Waals surface area contributed by atoms with Crippen LogP contribution in [0.4, 0.5) is 4.79 Å². The molecule has 0 rings (SSSR count). The number of carbonyl (C=O) groups excluding carboxylic acids is 2. The van der Waals surface area contributed by atoms with Gasteiger partial charge < -0.3 is 15.0 Å². The zero-order valence-corrected chi connectivity index (χ0v) is 33.4. The Labute approximate surface area is 301 Å². The number of alkyl carbamates (subject to hydrolysis) is 1. The Bertz CT molecular complexity index is 654. The molecule has 0 radical (unpaired) electrons. The lowest BCUT2D eigenvalue weighted by Gasteiger charge is -2.24. The third-order valence-corrected chi connectivity index (χ3v) is 9.70. The molecule has 0 unspecified atom stereocenters. The number of amides is 2. The average molecular weight is 679 g/mol. The molecule has 48 heavy (non-hydrogen) atoms. The molecule has 286 valence electrons. The fourth-order valence-corrected chi connectivity index (χ4v) is 6.64. The van der Waals surface area contributed by atoms with Crippen molar-refractivity contribution >= 4 is 12.0 Å². The lowest BCUT2D eigenvalue weighted by molar-refractivity contribution is -0.130. The lowest BCUT2D eigenvalue weighted by atomic mass is 10.0. The van der Waals surface area contributed by atoms with Gasteiger partial charge in [0.25, 0.3) is 0 Å². The van der Waals surface area contributed by atoms with Gasteiger partial charge in [-0.2, -0.15) is 0 Å². The van der Waals surface area contributed by atoms with E-state index in [0.717, 1.165) is 25.9 Å². The number of carbonyl (C=O) groups is 2. The topological polar surface area (TPSA) is 58.6 Å². The van der Waals surface area contributed by atoms with Crippen molar-refractivity contribution in [2.24, 2.45) is 0 Å². The average Bonchev–Trinajstić information content (AvgIpc) is 3.05. The summed E-state index contributed by atoms with van der Waals surface area (Å²) in [6, 6.07) is 0. The van der Waals surface area contributed by atoms with E-state index < -0.39 is 11.7 Å². The lowest BCUT2D eigenvalue weighted by Crippen LogP contribution is -2.42. The van der Waals surface area contributed by atoms with Gasteiger partial charge in [-0.05, 0) is 33.6 Å². The van der Waals surface area contributed by atoms with Crippen LogP contribution in [0.25, 0.3) is 0 Å². The molecule has 0 spiro atoms. The largest absolute Gasteiger partial charge is 0.444 e. The molecule has 0 aliphatic carbocycles. The molecule has 2 amide bonds.